The third-order valence-electron chi connectivity index (χ3n) is 0.138. The van der Waals surface area contributed by atoms with Gasteiger partial charge in [0.25, 0.3) is 0 Å². The maximum Gasteiger partial charge on any atom is 0.559 e. The highest BCUT2D eigenvalue weighted by Crippen LogP contribution is 1.82. The number of carbonyl (C=O) groups is 1. The van der Waals surface area contributed by atoms with Crippen LogP contribution in [0.2, 0.25) is 0 Å². The van der Waals surface area contributed by atoms with Crippen molar-refractivity contribution in [3.8, 4) is 0 Å². The minimum Gasteiger partial charge on any atom is -0.313 e. The van der Waals surface area contributed by atoms with Gasteiger partial charge in [-0.3, -0.25) is 4.89 Å². The monoisotopic (exact) mass is 112 g/mol. The van der Waals surface area contributed by atoms with Crippen LogP contribution in [0.1, 0.15) is 0 Å². The van der Waals surface area contributed by atoms with Gasteiger partial charge in [0.05, 0.1) is 0 Å². The van der Waals surface area contributed by atoms with Gasteiger partial charge in [0.1, 0.15) is 11.9 Å². The molecule has 36 valence electrons. The molecule has 0 aliphatic rings. The fourth-order valence-electron chi connectivity index (χ4n) is 0.0141. The van der Waals surface area contributed by atoms with Crippen LogP contribution in [0, 0.1) is 0 Å². The van der Waals surface area contributed by atoms with E-state index < -0.39 is 6.16 Å². The van der Waals surface area contributed by atoms with E-state index >= 15 is 0 Å². The van der Waals surface area contributed by atoms with Crippen LogP contribution < -0.4 is 0 Å². The summed E-state index contributed by atoms with van der Waals surface area (Å²) in [5.41, 5.74) is 0. The molecule has 1 N–H and O–H groups in total. The topological polar surface area (TPSA) is 55.8 Å². The SMILES string of the molecule is O=C(OO)OCl. The van der Waals surface area contributed by atoms with Crippen molar-refractivity contribution in [2.24, 2.45) is 0 Å². The average molecular weight is 112 g/mol. The number of carbonyl (C=O) groups excluding carboxylic acids is 1. The first-order valence-electron chi connectivity index (χ1n) is 0.949. The standard InChI is InChI=1S/CHClO4/c2-5-1(3)6-4/h4H. The molecule has 0 unspecified atom stereocenters. The summed E-state index contributed by atoms with van der Waals surface area (Å²) in [5.74, 6) is 0. The molecule has 0 radical (unpaired) electrons. The Labute approximate surface area is 38.3 Å². The first-order valence-corrected chi connectivity index (χ1v) is 1.26. The minimum atomic E-state index is -1.34. The molecule has 0 rings (SSSR count). The summed E-state index contributed by atoms with van der Waals surface area (Å²) >= 11 is 4.32. The molecule has 0 atom stereocenters. The van der Waals surface area contributed by atoms with Gasteiger partial charge in [0.15, 0.2) is 0 Å². The Balaban J connectivity index is 2.99. The van der Waals surface area contributed by atoms with Crippen molar-refractivity contribution >= 4 is 18.0 Å². The van der Waals surface area contributed by atoms with Crippen molar-refractivity contribution in [1.29, 1.82) is 0 Å². The lowest BCUT2D eigenvalue weighted by Gasteiger charge is -1.82. The van der Waals surface area contributed by atoms with Crippen molar-refractivity contribution < 1.29 is 19.2 Å². The summed E-state index contributed by atoms with van der Waals surface area (Å²) in [6.07, 6.45) is -1.34. The van der Waals surface area contributed by atoms with E-state index in [9.17, 15) is 4.79 Å². The smallest absolute Gasteiger partial charge is 0.313 e. The van der Waals surface area contributed by atoms with E-state index in [1.54, 1.807) is 0 Å². The summed E-state index contributed by atoms with van der Waals surface area (Å²) in [6, 6.07) is 0. The highest BCUT2D eigenvalue weighted by Gasteiger charge is 1.95. The van der Waals surface area contributed by atoms with Crippen molar-refractivity contribution in [3.63, 3.8) is 0 Å². The fourth-order valence-corrected chi connectivity index (χ4v) is 0.0423. The molecule has 0 amide bonds. The van der Waals surface area contributed by atoms with Crippen LogP contribution in [0.4, 0.5) is 4.79 Å². The second-order valence-electron chi connectivity index (χ2n) is 0.418. The van der Waals surface area contributed by atoms with Gasteiger partial charge in [0.2, 0.25) is 0 Å². The lowest BCUT2D eigenvalue weighted by molar-refractivity contribution is -0.191. The molecule has 0 fully saturated rings. The first kappa shape index (κ1) is 5.52. The zero-order valence-corrected chi connectivity index (χ0v) is 3.31. The lowest BCUT2D eigenvalue weighted by Crippen LogP contribution is -1.94. The maximum atomic E-state index is 9.35. The predicted octanol–water partition coefficient (Wildman–Crippen LogP) is 0.766. The minimum absolute atomic E-state index is 1.34. The Morgan fingerprint density at radius 2 is 2.33 bits per heavy atom. The molecule has 0 aliphatic carbocycles. The molecule has 0 aromatic heterocycles. The van der Waals surface area contributed by atoms with Crippen LogP contribution >= 0.6 is 11.9 Å². The third kappa shape index (κ3) is 1.80. The fraction of sp³-hybridized carbons (Fsp3) is 0. The Kier molecular flexibility index (Phi) is 2.52. The molecular formula is CHClO4. The van der Waals surface area contributed by atoms with Gasteiger partial charge in [-0.05, 0) is 0 Å². The summed E-state index contributed by atoms with van der Waals surface area (Å²) in [5, 5.41) is 7.28. The van der Waals surface area contributed by atoms with E-state index in [1.807, 2.05) is 0 Å². The molecule has 0 aromatic rings. The number of halogens is 1. The molecule has 0 aromatic carbocycles. The Bertz CT molecular complexity index is 45.5. The molecule has 4 nitrogen and oxygen atoms in total. The molecule has 0 bridgehead atoms. The van der Waals surface area contributed by atoms with Crippen LogP contribution in [-0.2, 0) is 9.18 Å². The second-order valence-corrected chi connectivity index (χ2v) is 0.573. The van der Waals surface area contributed by atoms with Gasteiger partial charge in [-0.1, -0.05) is 0 Å². The van der Waals surface area contributed by atoms with E-state index in [-0.39, 0.29) is 0 Å². The van der Waals surface area contributed by atoms with Crippen LogP contribution in [0.3, 0.4) is 0 Å². The molecular weight excluding hydrogens is 111 g/mol. The number of rotatable bonds is 0. The summed E-state index contributed by atoms with van der Waals surface area (Å²) in [6.45, 7) is 0. The Morgan fingerprint density at radius 1 is 1.83 bits per heavy atom. The van der Waals surface area contributed by atoms with Crippen molar-refractivity contribution in [1.82, 2.24) is 0 Å². The quantitative estimate of drug-likeness (QED) is 0.371. The van der Waals surface area contributed by atoms with Crippen LogP contribution in [0.5, 0.6) is 0 Å². The van der Waals surface area contributed by atoms with Gasteiger partial charge in [-0.2, -0.15) is 10.1 Å². The van der Waals surface area contributed by atoms with Crippen molar-refractivity contribution in [2.45, 2.75) is 0 Å². The van der Waals surface area contributed by atoms with Crippen LogP contribution in [0.25, 0.3) is 0 Å². The van der Waals surface area contributed by atoms with Gasteiger partial charge in [-0.15, -0.1) is 0 Å². The Morgan fingerprint density at radius 3 is 2.33 bits per heavy atom. The molecule has 0 spiro atoms. The summed E-state index contributed by atoms with van der Waals surface area (Å²) in [4.78, 5) is 12.3. The molecule has 6 heavy (non-hydrogen) atoms. The van der Waals surface area contributed by atoms with Gasteiger partial charge in [0, 0.05) is 0 Å². The van der Waals surface area contributed by atoms with Gasteiger partial charge >= 0.3 is 6.16 Å². The average Bonchev–Trinajstić information content (AvgIpc) is 1.65. The molecule has 5 heteroatoms. The predicted molar refractivity (Wildman–Crippen MR) is 16.0 cm³/mol. The van der Waals surface area contributed by atoms with E-state index in [1.165, 1.54) is 0 Å². The van der Waals surface area contributed by atoms with E-state index in [2.05, 4.69) is 21.0 Å². The normalized spacial score (nSPS) is 7.00. The third-order valence-corrected chi connectivity index (χ3v) is 0.264. The number of hydrogen-bond acceptors (Lipinski definition) is 4. The second kappa shape index (κ2) is 2.74. The lowest BCUT2D eigenvalue weighted by atomic mass is 11.4. The van der Waals surface area contributed by atoms with E-state index in [0.717, 1.165) is 0 Å². The largest absolute Gasteiger partial charge is 0.559 e. The summed E-state index contributed by atoms with van der Waals surface area (Å²) in [7, 11) is 0. The van der Waals surface area contributed by atoms with Crippen molar-refractivity contribution in [3.05, 3.63) is 0 Å². The first-order chi connectivity index (χ1) is 2.81. The zero-order valence-electron chi connectivity index (χ0n) is 2.55. The van der Waals surface area contributed by atoms with Crippen LogP contribution in [-0.4, -0.2) is 11.4 Å². The summed E-state index contributed by atoms with van der Waals surface area (Å²) < 4.78 is 3.26. The zero-order chi connectivity index (χ0) is 4.99. The highest BCUT2D eigenvalue weighted by molar-refractivity contribution is 6.12. The Hall–Kier alpha value is -0.480. The van der Waals surface area contributed by atoms with Gasteiger partial charge in [-0.25, -0.2) is 0 Å². The molecule has 0 aliphatic heterocycles. The highest BCUT2D eigenvalue weighted by atomic mass is 35.5. The number of hydrogen-bond donors (Lipinski definition) is 1. The molecule has 0 heterocycles. The van der Waals surface area contributed by atoms with Crippen LogP contribution in [0.15, 0.2) is 0 Å². The molecule has 0 saturated carbocycles. The van der Waals surface area contributed by atoms with Gasteiger partial charge < -0.3 is 4.29 Å². The van der Waals surface area contributed by atoms with E-state index in [4.69, 9.17) is 5.26 Å². The van der Waals surface area contributed by atoms with E-state index in [0.29, 0.717) is 0 Å². The maximum absolute atomic E-state index is 9.35. The molecule has 0 saturated heterocycles. The van der Waals surface area contributed by atoms with Crippen molar-refractivity contribution in [2.75, 3.05) is 0 Å².